The summed E-state index contributed by atoms with van der Waals surface area (Å²) in [6, 6.07) is 9.85. The van der Waals surface area contributed by atoms with E-state index in [2.05, 4.69) is 9.53 Å². The molecule has 0 aliphatic carbocycles. The van der Waals surface area contributed by atoms with E-state index in [1.807, 2.05) is 42.5 Å². The predicted octanol–water partition coefficient (Wildman–Crippen LogP) is 2.10. The third kappa shape index (κ3) is 5.87. The Labute approximate surface area is 99.5 Å². The quantitative estimate of drug-likeness (QED) is 0.255. The van der Waals surface area contributed by atoms with Gasteiger partial charge in [0, 0.05) is 0 Å². The monoisotopic (exact) mass is 228 g/mol. The zero-order valence-corrected chi connectivity index (χ0v) is 9.19. The van der Waals surface area contributed by atoms with Crippen molar-refractivity contribution in [1.82, 2.24) is 0 Å². The Kier molecular flexibility index (Phi) is 5.78. The van der Waals surface area contributed by atoms with Crippen molar-refractivity contribution in [3.8, 4) is 0 Å². The summed E-state index contributed by atoms with van der Waals surface area (Å²) in [7, 11) is 0. The molecule has 0 saturated carbocycles. The molecule has 1 aromatic rings. The van der Waals surface area contributed by atoms with Crippen LogP contribution in [0.5, 0.6) is 0 Å². The second kappa shape index (κ2) is 7.79. The molecule has 0 fully saturated rings. The van der Waals surface area contributed by atoms with Gasteiger partial charge in [-0.2, -0.15) is 4.79 Å². The Morgan fingerprint density at radius 3 is 2.76 bits per heavy atom. The summed E-state index contributed by atoms with van der Waals surface area (Å²) in [5, 5.41) is 0. The number of nitrogens with zero attached hydrogens (tertiary/aromatic N) is 2. The predicted molar refractivity (Wildman–Crippen MR) is 65.3 cm³/mol. The van der Waals surface area contributed by atoms with Crippen LogP contribution in [0.3, 0.4) is 0 Å². The average Bonchev–Trinajstić information content (AvgIpc) is 2.35. The molecule has 0 bridgehead atoms. The van der Waals surface area contributed by atoms with Crippen molar-refractivity contribution in [2.24, 2.45) is 0 Å². The second-order valence-corrected chi connectivity index (χ2v) is 3.07. The number of ether oxygens (including phenoxy) is 1. The summed E-state index contributed by atoms with van der Waals surface area (Å²) in [4.78, 5) is 13.3. The lowest BCUT2D eigenvalue weighted by molar-refractivity contribution is -0.137. The second-order valence-electron chi connectivity index (χ2n) is 3.07. The van der Waals surface area contributed by atoms with Crippen LogP contribution in [-0.2, 0) is 9.53 Å². The first-order valence-corrected chi connectivity index (χ1v) is 5.05. The fourth-order valence-corrected chi connectivity index (χ4v) is 1.08. The number of hydrogen-bond donors (Lipinski definition) is 0. The Morgan fingerprint density at radius 2 is 2.06 bits per heavy atom. The molecule has 0 spiro atoms. The maximum atomic E-state index is 10.7. The molecule has 0 aliphatic heterocycles. The Balaban J connectivity index is 2.29. The number of carbonyl (C=O) groups is 1. The van der Waals surface area contributed by atoms with E-state index < -0.39 is 5.97 Å². The number of hydrogen-bond acceptors (Lipinski definition) is 2. The minimum absolute atomic E-state index is 0.143. The van der Waals surface area contributed by atoms with Gasteiger partial charge in [-0.25, -0.2) is 4.79 Å². The molecule has 0 N–H and O–H groups in total. The van der Waals surface area contributed by atoms with Crippen molar-refractivity contribution in [3.05, 3.63) is 59.7 Å². The lowest BCUT2D eigenvalue weighted by Crippen LogP contribution is -2.05. The molecule has 86 valence electrons. The van der Waals surface area contributed by atoms with Crippen LogP contribution >= 0.6 is 0 Å². The molecule has 0 heterocycles. The molecule has 1 rings (SSSR count). The Morgan fingerprint density at radius 1 is 1.29 bits per heavy atom. The van der Waals surface area contributed by atoms with Gasteiger partial charge in [0.25, 0.3) is 0 Å². The topological polar surface area (TPSA) is 62.7 Å². The summed E-state index contributed by atoms with van der Waals surface area (Å²) >= 11 is 0. The van der Waals surface area contributed by atoms with E-state index in [1.165, 1.54) is 0 Å². The molecule has 0 aliphatic rings. The first kappa shape index (κ1) is 12.6. The SMILES string of the molecule is [N-]=[N+]=CC(=O)OC/C=C/C=C/c1ccccc1. The normalized spacial score (nSPS) is 10.4. The van der Waals surface area contributed by atoms with Crippen LogP contribution in [0.25, 0.3) is 11.6 Å². The molecular weight excluding hydrogens is 216 g/mol. The highest BCUT2D eigenvalue weighted by Crippen LogP contribution is 2.00. The molecule has 0 saturated heterocycles. The molecule has 0 unspecified atom stereocenters. The Hall–Kier alpha value is -2.45. The van der Waals surface area contributed by atoms with E-state index in [0.717, 1.165) is 5.56 Å². The lowest BCUT2D eigenvalue weighted by atomic mass is 10.2. The molecule has 0 amide bonds. The van der Waals surface area contributed by atoms with Gasteiger partial charge in [-0.3, -0.25) is 0 Å². The van der Waals surface area contributed by atoms with Crippen molar-refractivity contribution < 1.29 is 14.3 Å². The highest BCUT2D eigenvalue weighted by atomic mass is 16.5. The number of allylic oxidation sites excluding steroid dienone is 2. The van der Waals surface area contributed by atoms with E-state index in [9.17, 15) is 4.79 Å². The number of carbonyl (C=O) groups excluding carboxylic acids is 1. The van der Waals surface area contributed by atoms with Crippen LogP contribution in [0, 0.1) is 0 Å². The van der Waals surface area contributed by atoms with Crippen molar-refractivity contribution in [3.63, 3.8) is 0 Å². The number of benzene rings is 1. The molecule has 0 atom stereocenters. The largest absolute Gasteiger partial charge is 0.453 e. The van der Waals surface area contributed by atoms with E-state index in [0.29, 0.717) is 6.21 Å². The lowest BCUT2D eigenvalue weighted by Gasteiger charge is -1.91. The minimum Gasteiger partial charge on any atom is -0.453 e. The molecule has 4 nitrogen and oxygen atoms in total. The Bertz CT molecular complexity index is 458. The summed E-state index contributed by atoms with van der Waals surface area (Å²) < 4.78 is 4.67. The van der Waals surface area contributed by atoms with Gasteiger partial charge in [-0.15, -0.1) is 0 Å². The molecule has 0 radical (unpaired) electrons. The smallest absolute Gasteiger partial charge is 0.413 e. The maximum Gasteiger partial charge on any atom is 0.413 e. The maximum absolute atomic E-state index is 10.7. The highest BCUT2D eigenvalue weighted by molar-refractivity contribution is 6.20. The number of rotatable bonds is 5. The molecule has 1 aromatic carbocycles. The zero-order chi connectivity index (χ0) is 12.3. The first-order valence-electron chi connectivity index (χ1n) is 5.05. The van der Waals surface area contributed by atoms with Gasteiger partial charge < -0.3 is 10.3 Å². The third-order valence-corrected chi connectivity index (χ3v) is 1.82. The summed E-state index contributed by atoms with van der Waals surface area (Å²) in [6.07, 6.45) is 7.95. The minimum atomic E-state index is -0.677. The van der Waals surface area contributed by atoms with Gasteiger partial charge >= 0.3 is 12.2 Å². The molecule has 0 aromatic heterocycles. The van der Waals surface area contributed by atoms with Crippen LogP contribution in [0.4, 0.5) is 0 Å². The molecular formula is C13H12N2O2. The van der Waals surface area contributed by atoms with Crippen LogP contribution in [0.2, 0.25) is 0 Å². The van der Waals surface area contributed by atoms with Gasteiger partial charge in [-0.05, 0) is 11.6 Å². The van der Waals surface area contributed by atoms with Crippen LogP contribution in [-0.4, -0.2) is 23.6 Å². The van der Waals surface area contributed by atoms with E-state index in [1.54, 1.807) is 12.2 Å². The highest BCUT2D eigenvalue weighted by Gasteiger charge is 1.99. The first-order chi connectivity index (χ1) is 8.33. The van der Waals surface area contributed by atoms with Gasteiger partial charge in [0.15, 0.2) is 0 Å². The van der Waals surface area contributed by atoms with Crippen molar-refractivity contribution in [1.29, 1.82) is 0 Å². The fourth-order valence-electron chi connectivity index (χ4n) is 1.08. The summed E-state index contributed by atoms with van der Waals surface area (Å²) in [5.74, 6) is -0.677. The summed E-state index contributed by atoms with van der Waals surface area (Å²) in [5.41, 5.74) is 9.14. The summed E-state index contributed by atoms with van der Waals surface area (Å²) in [6.45, 7) is 0.143. The molecule has 4 heteroatoms. The van der Waals surface area contributed by atoms with Crippen molar-refractivity contribution >= 4 is 18.3 Å². The van der Waals surface area contributed by atoms with Gasteiger partial charge in [-0.1, -0.05) is 48.6 Å². The van der Waals surface area contributed by atoms with Crippen molar-refractivity contribution in [2.45, 2.75) is 0 Å². The zero-order valence-electron chi connectivity index (χ0n) is 9.19. The van der Waals surface area contributed by atoms with Gasteiger partial charge in [0.2, 0.25) is 0 Å². The fraction of sp³-hybridized carbons (Fsp3) is 0.0769. The van der Waals surface area contributed by atoms with Crippen LogP contribution in [0.15, 0.2) is 48.6 Å². The standard InChI is InChI=1S/C13H12N2O2/c14-15-11-13(16)17-10-6-2-5-9-12-7-3-1-4-8-12/h1-9,11H,10H2/b6-2+,9-5+. The van der Waals surface area contributed by atoms with E-state index in [4.69, 9.17) is 5.53 Å². The molecule has 17 heavy (non-hydrogen) atoms. The van der Waals surface area contributed by atoms with E-state index in [-0.39, 0.29) is 6.61 Å². The van der Waals surface area contributed by atoms with Crippen LogP contribution in [0.1, 0.15) is 5.56 Å². The third-order valence-electron chi connectivity index (χ3n) is 1.82. The van der Waals surface area contributed by atoms with E-state index >= 15 is 0 Å². The average molecular weight is 228 g/mol. The van der Waals surface area contributed by atoms with Crippen molar-refractivity contribution in [2.75, 3.05) is 6.61 Å². The van der Waals surface area contributed by atoms with Crippen LogP contribution < -0.4 is 0 Å². The van der Waals surface area contributed by atoms with Gasteiger partial charge in [0.05, 0.1) is 0 Å². The van der Waals surface area contributed by atoms with Gasteiger partial charge in [0.1, 0.15) is 6.61 Å². The number of esters is 1.